The number of rotatable bonds is 5. The van der Waals surface area contributed by atoms with Gasteiger partial charge in [0.15, 0.2) is 0 Å². The van der Waals surface area contributed by atoms with Crippen molar-refractivity contribution in [1.29, 1.82) is 0 Å². The van der Waals surface area contributed by atoms with Crippen molar-refractivity contribution in [2.45, 2.75) is 45.8 Å². The van der Waals surface area contributed by atoms with Crippen LogP contribution in [0.3, 0.4) is 0 Å². The molecule has 0 aromatic heterocycles. The van der Waals surface area contributed by atoms with Gasteiger partial charge in [-0.2, -0.15) is 0 Å². The summed E-state index contributed by atoms with van der Waals surface area (Å²) in [5.41, 5.74) is 5.93. The third-order valence-corrected chi connectivity index (χ3v) is 3.25. The average Bonchev–Trinajstić information content (AvgIpc) is 2.45. The Hall–Kier alpha value is -1.79. The first-order valence-corrected chi connectivity index (χ1v) is 6.97. The number of benzene rings is 1. The summed E-state index contributed by atoms with van der Waals surface area (Å²) in [5.74, 6) is 5.40. The van der Waals surface area contributed by atoms with E-state index in [1.54, 1.807) is 6.92 Å². The normalized spacial score (nSPS) is 14.6. The van der Waals surface area contributed by atoms with Gasteiger partial charge in [0.25, 0.3) is 0 Å². The first-order chi connectivity index (χ1) is 9.48. The van der Waals surface area contributed by atoms with E-state index in [0.29, 0.717) is 0 Å². The van der Waals surface area contributed by atoms with Crippen LogP contribution in [0.4, 0.5) is 0 Å². The average molecular weight is 273 g/mol. The van der Waals surface area contributed by atoms with Crippen LogP contribution in [0.25, 0.3) is 0 Å². The molecule has 0 unspecified atom stereocenters. The van der Waals surface area contributed by atoms with Crippen molar-refractivity contribution in [1.82, 2.24) is 0 Å². The molecule has 3 heteroatoms. The molecule has 2 N–H and O–H groups in total. The highest BCUT2D eigenvalue weighted by Crippen LogP contribution is 2.16. The molecule has 20 heavy (non-hydrogen) atoms. The van der Waals surface area contributed by atoms with Crippen LogP contribution in [-0.2, 0) is 16.1 Å². The van der Waals surface area contributed by atoms with Crippen LogP contribution >= 0.6 is 0 Å². The molecule has 0 fully saturated rings. The number of hydrogen-bond acceptors (Lipinski definition) is 3. The van der Waals surface area contributed by atoms with E-state index in [1.165, 1.54) is 0 Å². The summed E-state index contributed by atoms with van der Waals surface area (Å²) >= 11 is 0. The Morgan fingerprint density at radius 1 is 1.40 bits per heavy atom. The van der Waals surface area contributed by atoms with E-state index >= 15 is 0 Å². The lowest BCUT2D eigenvalue weighted by atomic mass is 9.88. The van der Waals surface area contributed by atoms with Gasteiger partial charge in [-0.15, -0.1) is 5.92 Å². The first kappa shape index (κ1) is 16.3. The van der Waals surface area contributed by atoms with Gasteiger partial charge in [0.05, 0.1) is 0 Å². The molecule has 0 aliphatic heterocycles. The van der Waals surface area contributed by atoms with Crippen LogP contribution in [0.1, 0.15) is 39.2 Å². The number of hydrogen-bond donors (Lipinski definition) is 1. The highest BCUT2D eigenvalue weighted by Gasteiger charge is 2.35. The Bertz CT molecular complexity index is 483. The van der Waals surface area contributed by atoms with E-state index in [2.05, 4.69) is 18.8 Å². The maximum Gasteiger partial charge on any atom is 0.327 e. The fourth-order valence-electron chi connectivity index (χ4n) is 1.56. The Kier molecular flexibility index (Phi) is 6.27. The van der Waals surface area contributed by atoms with E-state index in [1.807, 2.05) is 37.3 Å². The minimum absolute atomic E-state index is 0.238. The number of carbonyl (C=O) groups excluding carboxylic acids is 1. The van der Waals surface area contributed by atoms with Crippen molar-refractivity contribution in [3.63, 3.8) is 0 Å². The lowest BCUT2D eigenvalue weighted by molar-refractivity contribution is -0.152. The number of unbranched alkanes of at least 4 members (excludes halogenated alkanes) is 1. The maximum absolute atomic E-state index is 12.1. The molecule has 1 aromatic carbocycles. The topological polar surface area (TPSA) is 52.3 Å². The second-order valence-corrected chi connectivity index (χ2v) is 5.14. The van der Waals surface area contributed by atoms with Crippen molar-refractivity contribution in [3.8, 4) is 11.8 Å². The lowest BCUT2D eigenvalue weighted by Gasteiger charge is -2.25. The van der Waals surface area contributed by atoms with Crippen LogP contribution in [0.15, 0.2) is 30.3 Å². The summed E-state index contributed by atoms with van der Waals surface area (Å²) < 4.78 is 5.29. The van der Waals surface area contributed by atoms with Crippen LogP contribution in [0.5, 0.6) is 0 Å². The van der Waals surface area contributed by atoms with Crippen LogP contribution in [-0.4, -0.2) is 11.5 Å². The zero-order chi connectivity index (χ0) is 15.0. The minimum Gasteiger partial charge on any atom is -0.459 e. The molecule has 0 heterocycles. The molecule has 0 aliphatic rings. The predicted octanol–water partition coefficient (Wildman–Crippen LogP) is 2.89. The van der Waals surface area contributed by atoms with E-state index < -0.39 is 11.5 Å². The predicted molar refractivity (Wildman–Crippen MR) is 80.7 cm³/mol. The quantitative estimate of drug-likeness (QED) is 0.663. The van der Waals surface area contributed by atoms with Gasteiger partial charge in [0.2, 0.25) is 0 Å². The zero-order valence-electron chi connectivity index (χ0n) is 12.5. The summed E-state index contributed by atoms with van der Waals surface area (Å²) in [6.45, 7) is 5.83. The molecule has 0 radical (unpaired) electrons. The largest absolute Gasteiger partial charge is 0.459 e. The summed E-state index contributed by atoms with van der Waals surface area (Å²) in [6, 6.07) is 9.55. The molecule has 0 amide bonds. The number of esters is 1. The molecule has 1 rings (SSSR count). The standard InChI is InChI=1S/C17H23NO2/c1-4-5-7-10-14(2)17(3,18)16(19)20-13-15-11-8-6-9-12-15/h6,8-9,11-12,14H,4-5,13,18H2,1-3H3/t14-,17+/m1/s1. The van der Waals surface area contributed by atoms with Crippen LogP contribution in [0.2, 0.25) is 0 Å². The number of ether oxygens (including phenoxy) is 1. The van der Waals surface area contributed by atoms with Crippen LogP contribution in [0, 0.1) is 17.8 Å². The molecule has 0 spiro atoms. The Balaban J connectivity index is 2.58. The summed E-state index contributed by atoms with van der Waals surface area (Å²) in [4.78, 5) is 12.1. The van der Waals surface area contributed by atoms with Gasteiger partial charge < -0.3 is 10.5 Å². The smallest absolute Gasteiger partial charge is 0.327 e. The second-order valence-electron chi connectivity index (χ2n) is 5.14. The summed E-state index contributed by atoms with van der Waals surface area (Å²) in [7, 11) is 0. The van der Waals surface area contributed by atoms with E-state index in [9.17, 15) is 4.79 Å². The summed E-state index contributed by atoms with van der Waals surface area (Å²) in [5, 5.41) is 0. The monoisotopic (exact) mass is 273 g/mol. The molecule has 0 saturated heterocycles. The molecule has 1 aromatic rings. The Morgan fingerprint density at radius 2 is 2.05 bits per heavy atom. The van der Waals surface area contributed by atoms with E-state index in [-0.39, 0.29) is 12.5 Å². The van der Waals surface area contributed by atoms with Crippen molar-refractivity contribution in [2.24, 2.45) is 11.7 Å². The van der Waals surface area contributed by atoms with Gasteiger partial charge >= 0.3 is 5.97 Å². The summed E-state index contributed by atoms with van der Waals surface area (Å²) in [6.07, 6.45) is 1.82. The molecule has 0 aliphatic carbocycles. The van der Waals surface area contributed by atoms with Crippen molar-refractivity contribution >= 4 is 5.97 Å². The van der Waals surface area contributed by atoms with Gasteiger partial charge in [-0.1, -0.05) is 43.2 Å². The van der Waals surface area contributed by atoms with E-state index in [0.717, 1.165) is 18.4 Å². The highest BCUT2D eigenvalue weighted by molar-refractivity contribution is 5.81. The van der Waals surface area contributed by atoms with Crippen LogP contribution < -0.4 is 5.73 Å². The Labute approximate surface area is 121 Å². The minimum atomic E-state index is -1.09. The third kappa shape index (κ3) is 4.71. The Morgan fingerprint density at radius 3 is 2.65 bits per heavy atom. The molecule has 0 saturated carbocycles. The van der Waals surface area contributed by atoms with Crippen molar-refractivity contribution in [2.75, 3.05) is 0 Å². The van der Waals surface area contributed by atoms with Gasteiger partial charge in [0, 0.05) is 12.3 Å². The fourth-order valence-corrected chi connectivity index (χ4v) is 1.56. The zero-order valence-corrected chi connectivity index (χ0v) is 12.5. The molecule has 2 atom stereocenters. The van der Waals surface area contributed by atoms with Gasteiger partial charge in [-0.3, -0.25) is 4.79 Å². The van der Waals surface area contributed by atoms with Crippen molar-refractivity contribution < 1.29 is 9.53 Å². The van der Waals surface area contributed by atoms with Gasteiger partial charge in [0.1, 0.15) is 12.1 Å². The molecule has 108 valence electrons. The molecular formula is C17H23NO2. The lowest BCUT2D eigenvalue weighted by Crippen LogP contribution is -2.51. The number of carbonyl (C=O) groups is 1. The third-order valence-electron chi connectivity index (χ3n) is 3.25. The first-order valence-electron chi connectivity index (χ1n) is 6.97. The molecular weight excluding hydrogens is 250 g/mol. The SMILES string of the molecule is CCCC#C[C@@H](C)[C@](C)(N)C(=O)OCc1ccccc1. The molecule has 3 nitrogen and oxygen atoms in total. The maximum atomic E-state index is 12.1. The molecule has 0 bridgehead atoms. The number of nitrogens with two attached hydrogens (primary N) is 1. The fraction of sp³-hybridized carbons (Fsp3) is 0.471. The van der Waals surface area contributed by atoms with Crippen molar-refractivity contribution in [3.05, 3.63) is 35.9 Å². The second kappa shape index (κ2) is 7.72. The van der Waals surface area contributed by atoms with E-state index in [4.69, 9.17) is 10.5 Å². The highest BCUT2D eigenvalue weighted by atomic mass is 16.5. The van der Waals surface area contributed by atoms with Gasteiger partial charge in [-0.05, 0) is 25.8 Å². The van der Waals surface area contributed by atoms with Gasteiger partial charge in [-0.25, -0.2) is 0 Å².